The first-order valence-corrected chi connectivity index (χ1v) is 5.06. The van der Waals surface area contributed by atoms with Crippen molar-refractivity contribution in [3.8, 4) is 0 Å². The highest BCUT2D eigenvalue weighted by Crippen LogP contribution is 1.93. The summed E-state index contributed by atoms with van der Waals surface area (Å²) in [5, 5.41) is 27.1. The number of pyridine rings is 2. The Labute approximate surface area is 108 Å². The molecule has 0 unspecified atom stereocenters. The number of aromatic carboxylic acids is 2. The van der Waals surface area contributed by atoms with Crippen LogP contribution in [0.1, 0.15) is 20.7 Å². The summed E-state index contributed by atoms with van der Waals surface area (Å²) in [6, 6.07) is 5.83. The normalized spacial score (nSPS) is 9.05. The molecular formula is C12H10N2O5. The fourth-order valence-corrected chi connectivity index (χ4v) is 1.07. The number of rotatable bonds is 2. The number of carbonyl (C=O) groups is 2. The Morgan fingerprint density at radius 2 is 1.74 bits per heavy atom. The zero-order valence-electron chi connectivity index (χ0n) is 9.63. The maximum atomic E-state index is 10.4. The molecule has 0 aromatic carbocycles. The van der Waals surface area contributed by atoms with Gasteiger partial charge in [-0.3, -0.25) is 4.98 Å². The van der Waals surface area contributed by atoms with E-state index >= 15 is 0 Å². The molecular weight excluding hydrogens is 252 g/mol. The van der Waals surface area contributed by atoms with Gasteiger partial charge in [-0.15, -0.1) is 0 Å². The van der Waals surface area contributed by atoms with Crippen LogP contribution in [-0.4, -0.2) is 27.1 Å². The monoisotopic (exact) mass is 262 g/mol. The standard InChI is InChI=1S/C6H5NO3.C6H5NO2/c8-6(9)5-2-1-3-7(10)4-5;8-6(9)5-2-1-3-7-4-5/h1-4H,(H,8,9);1-4H,(H,8,9). The first kappa shape index (κ1) is 14.1. The molecule has 0 spiro atoms. The molecule has 2 aromatic heterocycles. The van der Waals surface area contributed by atoms with Gasteiger partial charge < -0.3 is 15.4 Å². The molecule has 2 rings (SSSR count). The Hall–Kier alpha value is -2.96. The van der Waals surface area contributed by atoms with Crippen LogP contribution < -0.4 is 4.73 Å². The van der Waals surface area contributed by atoms with Gasteiger partial charge in [-0.05, 0) is 18.2 Å². The Bertz CT molecular complexity index is 571. The highest BCUT2D eigenvalue weighted by molar-refractivity contribution is 5.87. The minimum atomic E-state index is -1.09. The highest BCUT2D eigenvalue weighted by Gasteiger charge is 2.03. The van der Waals surface area contributed by atoms with Gasteiger partial charge in [0.1, 0.15) is 5.56 Å². The minimum Gasteiger partial charge on any atom is -0.619 e. The van der Waals surface area contributed by atoms with Crippen molar-refractivity contribution in [2.75, 3.05) is 0 Å². The van der Waals surface area contributed by atoms with E-state index in [1.807, 2.05) is 0 Å². The predicted octanol–water partition coefficient (Wildman–Crippen LogP) is 0.798. The second-order valence-electron chi connectivity index (χ2n) is 3.30. The fourth-order valence-electron chi connectivity index (χ4n) is 1.07. The van der Waals surface area contributed by atoms with Gasteiger partial charge in [0.05, 0.1) is 5.56 Å². The number of hydrogen-bond acceptors (Lipinski definition) is 4. The molecule has 0 saturated heterocycles. The Kier molecular flexibility index (Phi) is 4.97. The second kappa shape index (κ2) is 6.70. The van der Waals surface area contributed by atoms with E-state index in [9.17, 15) is 14.8 Å². The molecule has 0 aliphatic carbocycles. The number of nitrogens with zero attached hydrogens (tertiary/aromatic N) is 2. The van der Waals surface area contributed by atoms with Crippen LogP contribution in [0.3, 0.4) is 0 Å². The van der Waals surface area contributed by atoms with E-state index in [1.54, 1.807) is 6.07 Å². The van der Waals surface area contributed by atoms with E-state index in [-0.39, 0.29) is 11.1 Å². The van der Waals surface area contributed by atoms with E-state index in [0.29, 0.717) is 4.73 Å². The quantitative estimate of drug-likeness (QED) is 0.611. The molecule has 2 N–H and O–H groups in total. The van der Waals surface area contributed by atoms with E-state index in [0.717, 1.165) is 6.20 Å². The molecule has 2 heterocycles. The first-order valence-electron chi connectivity index (χ1n) is 5.06. The van der Waals surface area contributed by atoms with Crippen LogP contribution in [0.2, 0.25) is 0 Å². The summed E-state index contributed by atoms with van der Waals surface area (Å²) in [4.78, 5) is 24.0. The smallest absolute Gasteiger partial charge is 0.341 e. The lowest BCUT2D eigenvalue weighted by atomic mass is 10.3. The molecule has 0 aliphatic rings. The molecule has 7 heteroatoms. The van der Waals surface area contributed by atoms with Crippen molar-refractivity contribution in [3.05, 3.63) is 65.4 Å². The highest BCUT2D eigenvalue weighted by atomic mass is 16.5. The van der Waals surface area contributed by atoms with Gasteiger partial charge in [-0.25, -0.2) is 9.59 Å². The van der Waals surface area contributed by atoms with Gasteiger partial charge in [-0.2, -0.15) is 4.73 Å². The van der Waals surface area contributed by atoms with E-state index in [2.05, 4.69) is 4.98 Å². The summed E-state index contributed by atoms with van der Waals surface area (Å²) in [5.41, 5.74) is 0.218. The van der Waals surface area contributed by atoms with Crippen molar-refractivity contribution >= 4 is 11.9 Å². The molecule has 0 amide bonds. The van der Waals surface area contributed by atoms with Gasteiger partial charge in [0, 0.05) is 18.5 Å². The molecule has 0 aliphatic heterocycles. The molecule has 19 heavy (non-hydrogen) atoms. The van der Waals surface area contributed by atoms with Crippen LogP contribution in [-0.2, 0) is 0 Å². The summed E-state index contributed by atoms with van der Waals surface area (Å²) in [7, 11) is 0. The zero-order valence-corrected chi connectivity index (χ0v) is 9.63. The summed E-state index contributed by atoms with van der Waals surface area (Å²) >= 11 is 0. The third kappa shape index (κ3) is 4.82. The van der Waals surface area contributed by atoms with Gasteiger partial charge in [0.15, 0.2) is 12.4 Å². The lowest BCUT2D eigenvalue weighted by Crippen LogP contribution is -2.25. The average molecular weight is 262 g/mol. The first-order chi connectivity index (χ1) is 9.00. The molecule has 2 aromatic rings. The van der Waals surface area contributed by atoms with Crippen molar-refractivity contribution in [2.45, 2.75) is 0 Å². The number of carboxylic acid groups (broad SMARTS) is 2. The lowest BCUT2D eigenvalue weighted by molar-refractivity contribution is -0.605. The Morgan fingerprint density at radius 1 is 1.11 bits per heavy atom. The third-order valence-electron chi connectivity index (χ3n) is 1.93. The molecule has 0 atom stereocenters. The van der Waals surface area contributed by atoms with Crippen molar-refractivity contribution in [1.82, 2.24) is 4.98 Å². The van der Waals surface area contributed by atoms with Crippen molar-refractivity contribution < 1.29 is 24.5 Å². The largest absolute Gasteiger partial charge is 0.619 e. The van der Waals surface area contributed by atoms with Crippen LogP contribution in [0.25, 0.3) is 0 Å². The van der Waals surface area contributed by atoms with Crippen LogP contribution in [0.15, 0.2) is 49.1 Å². The van der Waals surface area contributed by atoms with Gasteiger partial charge >= 0.3 is 11.9 Å². The molecule has 0 radical (unpaired) electrons. The second-order valence-corrected chi connectivity index (χ2v) is 3.30. The maximum Gasteiger partial charge on any atom is 0.341 e. The molecule has 7 nitrogen and oxygen atoms in total. The average Bonchev–Trinajstić information content (AvgIpc) is 2.40. The predicted molar refractivity (Wildman–Crippen MR) is 63.6 cm³/mol. The molecule has 0 saturated carbocycles. The summed E-state index contributed by atoms with van der Waals surface area (Å²) in [6.07, 6.45) is 5.07. The fraction of sp³-hybridized carbons (Fsp3) is 0. The van der Waals surface area contributed by atoms with Crippen molar-refractivity contribution in [2.24, 2.45) is 0 Å². The number of carboxylic acids is 2. The SMILES string of the molecule is O=C(O)c1ccc[n+]([O-])c1.O=C(O)c1cccnc1. The van der Waals surface area contributed by atoms with Crippen molar-refractivity contribution in [1.29, 1.82) is 0 Å². The third-order valence-corrected chi connectivity index (χ3v) is 1.93. The molecule has 98 valence electrons. The Balaban J connectivity index is 0.000000191. The van der Waals surface area contributed by atoms with E-state index in [4.69, 9.17) is 10.2 Å². The zero-order chi connectivity index (χ0) is 14.3. The summed E-state index contributed by atoms with van der Waals surface area (Å²) in [6.45, 7) is 0. The van der Waals surface area contributed by atoms with Crippen LogP contribution in [0.4, 0.5) is 0 Å². The van der Waals surface area contributed by atoms with Crippen LogP contribution in [0.5, 0.6) is 0 Å². The number of aromatic nitrogens is 2. The van der Waals surface area contributed by atoms with Gasteiger partial charge in [-0.1, -0.05) is 0 Å². The molecule has 0 fully saturated rings. The summed E-state index contributed by atoms with van der Waals surface area (Å²) < 4.78 is 0.448. The van der Waals surface area contributed by atoms with Crippen molar-refractivity contribution in [3.63, 3.8) is 0 Å². The number of hydrogen-bond donors (Lipinski definition) is 2. The topological polar surface area (TPSA) is 114 Å². The van der Waals surface area contributed by atoms with E-state index < -0.39 is 11.9 Å². The van der Waals surface area contributed by atoms with E-state index in [1.165, 1.54) is 36.8 Å². The van der Waals surface area contributed by atoms with Gasteiger partial charge in [0.2, 0.25) is 0 Å². The minimum absolute atomic E-state index is 0.00231. The molecule has 0 bridgehead atoms. The van der Waals surface area contributed by atoms with Gasteiger partial charge in [0.25, 0.3) is 0 Å². The maximum absolute atomic E-state index is 10.4. The van der Waals surface area contributed by atoms with Crippen LogP contribution in [0, 0.1) is 5.21 Å². The Morgan fingerprint density at radius 3 is 2.11 bits per heavy atom. The summed E-state index contributed by atoms with van der Waals surface area (Å²) in [5.74, 6) is -2.03. The lowest BCUT2D eigenvalue weighted by Gasteiger charge is -1.94. The van der Waals surface area contributed by atoms with Crippen LogP contribution >= 0.6 is 0 Å².